The Morgan fingerprint density at radius 3 is 2.19 bits per heavy atom. The highest BCUT2D eigenvalue weighted by atomic mass is 16.5. The highest BCUT2D eigenvalue weighted by molar-refractivity contribution is 6.07. The fraction of sp³-hybridized carbons (Fsp3) is 0.158. The molecule has 2 aromatic rings. The van der Waals surface area contributed by atoms with Crippen molar-refractivity contribution in [1.82, 2.24) is 0 Å². The molecule has 27 heavy (non-hydrogen) atoms. The standard InChI is InChI=1S/C19H20N2O6/c1-25-15-8-11(9-16(26-2)18(15)27-3)4-7-17(23)21-14-6-5-12(22)10-13(14)19(20)24/h4-10,22H,1-3H3,(H2,20,24)(H,21,23). The fourth-order valence-corrected chi connectivity index (χ4v) is 2.39. The number of nitrogens with one attached hydrogen (secondary N) is 1. The van der Waals surface area contributed by atoms with Gasteiger partial charge in [-0.3, -0.25) is 9.59 Å². The van der Waals surface area contributed by atoms with Crippen molar-refractivity contribution in [2.75, 3.05) is 26.6 Å². The number of benzene rings is 2. The second-order valence-corrected chi connectivity index (χ2v) is 5.38. The van der Waals surface area contributed by atoms with Crippen molar-refractivity contribution >= 4 is 23.6 Å². The predicted octanol–water partition coefficient (Wildman–Crippen LogP) is 2.17. The summed E-state index contributed by atoms with van der Waals surface area (Å²) in [6.45, 7) is 0. The molecular weight excluding hydrogens is 352 g/mol. The monoisotopic (exact) mass is 372 g/mol. The minimum Gasteiger partial charge on any atom is -0.508 e. The summed E-state index contributed by atoms with van der Waals surface area (Å²) in [5, 5.41) is 12.0. The van der Waals surface area contributed by atoms with Gasteiger partial charge in [0.05, 0.1) is 32.6 Å². The number of carbonyl (C=O) groups excluding carboxylic acids is 2. The molecule has 0 aliphatic rings. The summed E-state index contributed by atoms with van der Waals surface area (Å²) in [6.07, 6.45) is 2.82. The Kier molecular flexibility index (Phi) is 6.27. The molecule has 8 heteroatoms. The van der Waals surface area contributed by atoms with E-state index in [2.05, 4.69) is 5.32 Å². The van der Waals surface area contributed by atoms with Crippen molar-refractivity contribution < 1.29 is 28.9 Å². The van der Waals surface area contributed by atoms with E-state index in [9.17, 15) is 14.7 Å². The van der Waals surface area contributed by atoms with Gasteiger partial charge in [-0.15, -0.1) is 0 Å². The highest BCUT2D eigenvalue weighted by Gasteiger charge is 2.13. The Morgan fingerprint density at radius 1 is 1.04 bits per heavy atom. The number of hydrogen-bond acceptors (Lipinski definition) is 6. The van der Waals surface area contributed by atoms with E-state index in [0.717, 1.165) is 0 Å². The number of phenolic OH excluding ortho intramolecular Hbond substituents is 1. The lowest BCUT2D eigenvalue weighted by Crippen LogP contribution is -2.16. The van der Waals surface area contributed by atoms with Gasteiger partial charge in [0, 0.05) is 6.08 Å². The van der Waals surface area contributed by atoms with Gasteiger partial charge in [-0.2, -0.15) is 0 Å². The van der Waals surface area contributed by atoms with Crippen molar-refractivity contribution in [3.63, 3.8) is 0 Å². The first-order valence-corrected chi connectivity index (χ1v) is 7.81. The molecule has 142 valence electrons. The van der Waals surface area contributed by atoms with Gasteiger partial charge >= 0.3 is 0 Å². The van der Waals surface area contributed by atoms with Gasteiger partial charge in [-0.25, -0.2) is 0 Å². The third-order valence-electron chi connectivity index (χ3n) is 3.64. The first-order chi connectivity index (χ1) is 12.9. The molecule has 0 unspecified atom stereocenters. The lowest BCUT2D eigenvalue weighted by Gasteiger charge is -2.12. The summed E-state index contributed by atoms with van der Waals surface area (Å²) in [6, 6.07) is 7.27. The van der Waals surface area contributed by atoms with Crippen LogP contribution in [0.2, 0.25) is 0 Å². The van der Waals surface area contributed by atoms with Crippen LogP contribution in [0.15, 0.2) is 36.4 Å². The van der Waals surface area contributed by atoms with E-state index in [1.165, 1.54) is 45.6 Å². The molecule has 0 radical (unpaired) electrons. The van der Waals surface area contributed by atoms with Crippen LogP contribution < -0.4 is 25.3 Å². The van der Waals surface area contributed by atoms with Crippen LogP contribution in [0.25, 0.3) is 6.08 Å². The molecule has 0 saturated carbocycles. The highest BCUT2D eigenvalue weighted by Crippen LogP contribution is 2.38. The summed E-state index contributed by atoms with van der Waals surface area (Å²) < 4.78 is 15.8. The van der Waals surface area contributed by atoms with Gasteiger partial charge in [-0.05, 0) is 42.0 Å². The van der Waals surface area contributed by atoms with Crippen LogP contribution in [0, 0.1) is 0 Å². The molecule has 2 rings (SSSR count). The summed E-state index contributed by atoms with van der Waals surface area (Å²) >= 11 is 0. The first kappa shape index (κ1) is 19.6. The van der Waals surface area contributed by atoms with E-state index < -0.39 is 11.8 Å². The zero-order valence-corrected chi connectivity index (χ0v) is 15.1. The molecule has 2 amide bonds. The van der Waals surface area contributed by atoms with Crippen molar-refractivity contribution in [1.29, 1.82) is 0 Å². The molecule has 0 aliphatic heterocycles. The van der Waals surface area contributed by atoms with Crippen LogP contribution in [-0.2, 0) is 4.79 Å². The molecule has 0 aromatic heterocycles. The van der Waals surface area contributed by atoms with Crippen molar-refractivity contribution in [2.45, 2.75) is 0 Å². The van der Waals surface area contributed by atoms with E-state index >= 15 is 0 Å². The molecule has 0 heterocycles. The normalized spacial score (nSPS) is 10.5. The second kappa shape index (κ2) is 8.61. The number of aromatic hydroxyl groups is 1. The number of ether oxygens (including phenoxy) is 3. The molecular formula is C19H20N2O6. The van der Waals surface area contributed by atoms with E-state index in [-0.39, 0.29) is 17.0 Å². The Labute approximate surface area is 156 Å². The zero-order valence-electron chi connectivity index (χ0n) is 15.1. The van der Waals surface area contributed by atoms with Gasteiger partial charge in [0.1, 0.15) is 5.75 Å². The number of phenols is 1. The smallest absolute Gasteiger partial charge is 0.250 e. The number of hydrogen-bond donors (Lipinski definition) is 3. The molecule has 0 bridgehead atoms. The first-order valence-electron chi connectivity index (χ1n) is 7.81. The molecule has 0 saturated heterocycles. The predicted molar refractivity (Wildman–Crippen MR) is 100 cm³/mol. The van der Waals surface area contributed by atoms with Gasteiger partial charge < -0.3 is 30.4 Å². The molecule has 0 spiro atoms. The Balaban J connectivity index is 2.24. The van der Waals surface area contributed by atoms with Crippen LogP contribution in [0.1, 0.15) is 15.9 Å². The number of methoxy groups -OCH3 is 3. The van der Waals surface area contributed by atoms with Crippen molar-refractivity contribution in [2.24, 2.45) is 5.73 Å². The van der Waals surface area contributed by atoms with Crippen molar-refractivity contribution in [3.8, 4) is 23.0 Å². The quantitative estimate of drug-likeness (QED) is 0.506. The Bertz CT molecular complexity index is 867. The van der Waals surface area contributed by atoms with Crippen LogP contribution >= 0.6 is 0 Å². The minimum atomic E-state index is -0.769. The van der Waals surface area contributed by atoms with Crippen LogP contribution in [0.4, 0.5) is 5.69 Å². The molecule has 4 N–H and O–H groups in total. The van der Waals surface area contributed by atoms with Crippen LogP contribution in [0.3, 0.4) is 0 Å². The van der Waals surface area contributed by atoms with E-state index in [1.807, 2.05) is 0 Å². The minimum absolute atomic E-state index is 0.00420. The number of amides is 2. The maximum atomic E-state index is 12.2. The van der Waals surface area contributed by atoms with E-state index in [1.54, 1.807) is 18.2 Å². The Morgan fingerprint density at radius 2 is 1.67 bits per heavy atom. The van der Waals surface area contributed by atoms with Gasteiger partial charge in [0.2, 0.25) is 11.7 Å². The lowest BCUT2D eigenvalue weighted by atomic mass is 10.1. The largest absolute Gasteiger partial charge is 0.508 e. The Hall–Kier alpha value is -3.68. The summed E-state index contributed by atoms with van der Waals surface area (Å²) in [4.78, 5) is 23.6. The second-order valence-electron chi connectivity index (χ2n) is 5.38. The molecule has 8 nitrogen and oxygen atoms in total. The molecule has 0 fully saturated rings. The third kappa shape index (κ3) is 4.69. The van der Waals surface area contributed by atoms with Crippen molar-refractivity contribution in [3.05, 3.63) is 47.5 Å². The zero-order chi connectivity index (χ0) is 20.0. The molecule has 0 atom stereocenters. The molecule has 2 aromatic carbocycles. The molecule has 0 aliphatic carbocycles. The SMILES string of the molecule is COc1cc(C=CC(=O)Nc2ccc(O)cc2C(N)=O)cc(OC)c1OC. The number of rotatable bonds is 7. The fourth-order valence-electron chi connectivity index (χ4n) is 2.39. The van der Waals surface area contributed by atoms with E-state index in [0.29, 0.717) is 22.8 Å². The van der Waals surface area contributed by atoms with Crippen LogP contribution in [-0.4, -0.2) is 38.3 Å². The third-order valence-corrected chi connectivity index (χ3v) is 3.64. The average molecular weight is 372 g/mol. The maximum Gasteiger partial charge on any atom is 0.250 e. The summed E-state index contributed by atoms with van der Waals surface area (Å²) in [7, 11) is 4.48. The van der Waals surface area contributed by atoms with Gasteiger partial charge in [-0.1, -0.05) is 0 Å². The summed E-state index contributed by atoms with van der Waals surface area (Å²) in [5.74, 6) is -0.0452. The lowest BCUT2D eigenvalue weighted by molar-refractivity contribution is -0.111. The number of primary amides is 1. The number of anilines is 1. The maximum absolute atomic E-state index is 12.2. The topological polar surface area (TPSA) is 120 Å². The van der Waals surface area contributed by atoms with Gasteiger partial charge in [0.15, 0.2) is 11.5 Å². The summed E-state index contributed by atoms with van der Waals surface area (Å²) in [5.41, 5.74) is 6.09. The number of carbonyl (C=O) groups is 2. The van der Waals surface area contributed by atoms with E-state index in [4.69, 9.17) is 19.9 Å². The van der Waals surface area contributed by atoms with Crippen LogP contribution in [0.5, 0.6) is 23.0 Å². The number of nitrogens with two attached hydrogens (primary N) is 1. The van der Waals surface area contributed by atoms with Gasteiger partial charge in [0.25, 0.3) is 5.91 Å². The average Bonchev–Trinajstić information content (AvgIpc) is 2.66.